The summed E-state index contributed by atoms with van der Waals surface area (Å²) in [6, 6.07) is 23.0. The summed E-state index contributed by atoms with van der Waals surface area (Å²) in [5.74, 6) is 0.439. The van der Waals surface area contributed by atoms with Crippen LogP contribution in [0.2, 0.25) is 0 Å². The molecule has 0 saturated heterocycles. The fourth-order valence-corrected chi connectivity index (χ4v) is 2.80. The summed E-state index contributed by atoms with van der Waals surface area (Å²) in [5, 5.41) is 0. The third-order valence-electron chi connectivity index (χ3n) is 4.28. The van der Waals surface area contributed by atoms with Crippen molar-refractivity contribution in [2.45, 2.75) is 20.1 Å². The largest absolute Gasteiger partial charge is 0.488 e. The van der Waals surface area contributed by atoms with Crippen LogP contribution in [0, 0.1) is 0 Å². The molecule has 0 radical (unpaired) electrons. The van der Waals surface area contributed by atoms with Crippen LogP contribution in [-0.2, 0) is 13.2 Å². The van der Waals surface area contributed by atoms with E-state index in [1.54, 1.807) is 12.1 Å². The fourth-order valence-electron chi connectivity index (χ4n) is 2.80. The number of allylic oxidation sites excluding steroid dienone is 1. The molecule has 0 aliphatic heterocycles. The van der Waals surface area contributed by atoms with Crippen molar-refractivity contribution < 1.29 is 14.3 Å². The van der Waals surface area contributed by atoms with Gasteiger partial charge in [0, 0.05) is 11.6 Å². The van der Waals surface area contributed by atoms with Crippen LogP contribution in [0.3, 0.4) is 0 Å². The minimum absolute atomic E-state index is 0.306. The number of hydrogen-bond donors (Lipinski definition) is 1. The van der Waals surface area contributed by atoms with Gasteiger partial charge >= 0.3 is 0 Å². The van der Waals surface area contributed by atoms with Gasteiger partial charge in [0.05, 0.1) is 5.56 Å². The lowest BCUT2D eigenvalue weighted by Crippen LogP contribution is -2.14. The number of ether oxygens (including phenoxy) is 2. The van der Waals surface area contributed by atoms with Gasteiger partial charge in [-0.3, -0.25) is 4.79 Å². The van der Waals surface area contributed by atoms with E-state index in [0.717, 1.165) is 22.3 Å². The molecule has 3 rings (SSSR count). The first kappa shape index (κ1) is 19.2. The Bertz CT molecular complexity index is 889. The van der Waals surface area contributed by atoms with Crippen molar-refractivity contribution in [3.63, 3.8) is 0 Å². The minimum Gasteiger partial charge on any atom is -0.488 e. The molecule has 0 aliphatic carbocycles. The number of rotatable bonds is 8. The molecule has 0 spiro atoms. The van der Waals surface area contributed by atoms with E-state index in [9.17, 15) is 4.79 Å². The molecule has 0 heterocycles. The van der Waals surface area contributed by atoms with Gasteiger partial charge in [-0.2, -0.15) is 0 Å². The lowest BCUT2D eigenvalue weighted by Gasteiger charge is -2.17. The first-order valence-corrected chi connectivity index (χ1v) is 9.02. The van der Waals surface area contributed by atoms with Gasteiger partial charge in [-0.05, 0) is 29.7 Å². The Labute approximate surface area is 165 Å². The Morgan fingerprint density at radius 2 is 1.29 bits per heavy atom. The van der Waals surface area contributed by atoms with Crippen molar-refractivity contribution in [2.75, 3.05) is 0 Å². The third-order valence-corrected chi connectivity index (χ3v) is 4.28. The fraction of sp³-hybridized carbons (Fsp3) is 0.125. The highest BCUT2D eigenvalue weighted by Gasteiger charge is 2.17. The predicted octanol–water partition coefficient (Wildman–Crippen LogP) is 4.98. The van der Waals surface area contributed by atoms with E-state index in [0.29, 0.717) is 30.3 Å². The molecule has 142 valence electrons. The average Bonchev–Trinajstić information content (AvgIpc) is 2.71. The van der Waals surface area contributed by atoms with Crippen LogP contribution in [0.1, 0.15) is 34.0 Å². The van der Waals surface area contributed by atoms with Crippen molar-refractivity contribution >= 4 is 11.5 Å². The highest BCUT2D eigenvalue weighted by molar-refractivity contribution is 5.97. The lowest BCUT2D eigenvalue weighted by atomic mass is 10.0. The van der Waals surface area contributed by atoms with Gasteiger partial charge in [0.2, 0.25) is 0 Å². The van der Waals surface area contributed by atoms with E-state index in [-0.39, 0.29) is 0 Å². The van der Waals surface area contributed by atoms with Gasteiger partial charge in [-0.15, -0.1) is 0 Å². The Hall–Kier alpha value is -3.53. The molecule has 3 aromatic carbocycles. The van der Waals surface area contributed by atoms with Crippen molar-refractivity contribution in [1.29, 1.82) is 0 Å². The van der Waals surface area contributed by atoms with Crippen LogP contribution in [0.15, 0.2) is 79.4 Å². The quantitative estimate of drug-likeness (QED) is 0.606. The maximum atomic E-state index is 12.0. The van der Waals surface area contributed by atoms with Crippen molar-refractivity contribution in [3.8, 4) is 11.5 Å². The summed E-state index contributed by atoms with van der Waals surface area (Å²) in [6.07, 6.45) is 0. The van der Waals surface area contributed by atoms with Gasteiger partial charge in [0.1, 0.15) is 24.7 Å². The number of primary amides is 1. The number of nitrogens with two attached hydrogens (primary N) is 1. The molecule has 0 fully saturated rings. The molecule has 0 unspecified atom stereocenters. The molecule has 4 nitrogen and oxygen atoms in total. The maximum absolute atomic E-state index is 12.0. The summed E-state index contributed by atoms with van der Waals surface area (Å²) in [6.45, 7) is 6.58. The lowest BCUT2D eigenvalue weighted by molar-refractivity contribution is 0.0995. The van der Waals surface area contributed by atoms with Crippen LogP contribution < -0.4 is 15.2 Å². The van der Waals surface area contributed by atoms with Crippen molar-refractivity contribution in [3.05, 3.63) is 102 Å². The number of amides is 1. The summed E-state index contributed by atoms with van der Waals surface area (Å²) in [7, 11) is 0. The molecule has 0 bridgehead atoms. The zero-order valence-electron chi connectivity index (χ0n) is 15.9. The van der Waals surface area contributed by atoms with Crippen LogP contribution in [-0.4, -0.2) is 5.91 Å². The molecular weight excluding hydrogens is 350 g/mol. The number of carbonyl (C=O) groups is 1. The normalized spacial score (nSPS) is 10.3. The molecule has 0 atom stereocenters. The summed E-state index contributed by atoms with van der Waals surface area (Å²) in [4.78, 5) is 12.0. The summed E-state index contributed by atoms with van der Waals surface area (Å²) in [5.41, 5.74) is 9.43. The van der Waals surface area contributed by atoms with E-state index >= 15 is 0 Å². The highest BCUT2D eigenvalue weighted by atomic mass is 16.5. The van der Waals surface area contributed by atoms with Crippen molar-refractivity contribution in [2.24, 2.45) is 5.73 Å². The zero-order valence-corrected chi connectivity index (χ0v) is 15.9. The maximum Gasteiger partial charge on any atom is 0.252 e. The zero-order chi connectivity index (χ0) is 19.9. The monoisotopic (exact) mass is 373 g/mol. The summed E-state index contributed by atoms with van der Waals surface area (Å²) >= 11 is 0. The Morgan fingerprint density at radius 1 is 0.821 bits per heavy atom. The second-order valence-corrected chi connectivity index (χ2v) is 6.54. The minimum atomic E-state index is -0.555. The number of hydrogen-bond acceptors (Lipinski definition) is 3. The van der Waals surface area contributed by atoms with E-state index in [4.69, 9.17) is 15.2 Å². The molecular formula is C24H23NO3. The molecule has 1 amide bonds. The van der Waals surface area contributed by atoms with Crippen LogP contribution in [0.25, 0.3) is 5.57 Å². The molecule has 4 heteroatoms. The number of benzene rings is 3. The Kier molecular flexibility index (Phi) is 6.12. The van der Waals surface area contributed by atoms with Crippen molar-refractivity contribution in [1.82, 2.24) is 0 Å². The predicted molar refractivity (Wildman–Crippen MR) is 111 cm³/mol. The van der Waals surface area contributed by atoms with E-state index in [1.807, 2.05) is 67.6 Å². The van der Waals surface area contributed by atoms with Gasteiger partial charge in [-0.25, -0.2) is 0 Å². The van der Waals surface area contributed by atoms with E-state index < -0.39 is 5.91 Å². The smallest absolute Gasteiger partial charge is 0.252 e. The van der Waals surface area contributed by atoms with Gasteiger partial charge in [0.25, 0.3) is 5.91 Å². The van der Waals surface area contributed by atoms with Crippen LogP contribution in [0.5, 0.6) is 11.5 Å². The van der Waals surface area contributed by atoms with Gasteiger partial charge in [0.15, 0.2) is 0 Å². The topological polar surface area (TPSA) is 61.6 Å². The standard InChI is InChI=1S/C24H23NO3/c1-17(2)20-13-21(24(25)26)23(28-16-19-11-7-4-8-12-19)14-22(20)27-15-18-9-5-3-6-10-18/h3-14H,1,15-16H2,2H3,(H2,25,26). The first-order valence-electron chi connectivity index (χ1n) is 9.02. The molecule has 0 aromatic heterocycles. The Morgan fingerprint density at radius 3 is 1.71 bits per heavy atom. The molecule has 2 N–H and O–H groups in total. The first-order chi connectivity index (χ1) is 13.5. The van der Waals surface area contributed by atoms with Gasteiger partial charge in [-0.1, -0.05) is 67.2 Å². The molecule has 3 aromatic rings. The second-order valence-electron chi connectivity index (χ2n) is 6.54. The number of carbonyl (C=O) groups excluding carboxylic acids is 1. The second kappa shape index (κ2) is 8.91. The SMILES string of the molecule is C=C(C)c1cc(C(N)=O)c(OCc2ccccc2)cc1OCc1ccccc1. The summed E-state index contributed by atoms with van der Waals surface area (Å²) < 4.78 is 11.9. The molecule has 28 heavy (non-hydrogen) atoms. The van der Waals surface area contributed by atoms with Gasteiger partial charge < -0.3 is 15.2 Å². The average molecular weight is 373 g/mol. The Balaban J connectivity index is 1.90. The highest BCUT2D eigenvalue weighted by Crippen LogP contribution is 2.34. The molecule has 0 aliphatic rings. The van der Waals surface area contributed by atoms with E-state index in [1.165, 1.54) is 0 Å². The molecule has 0 saturated carbocycles. The van der Waals surface area contributed by atoms with E-state index in [2.05, 4.69) is 6.58 Å². The van der Waals surface area contributed by atoms with Crippen LogP contribution in [0.4, 0.5) is 0 Å². The third kappa shape index (κ3) is 4.80. The van der Waals surface area contributed by atoms with Crippen LogP contribution >= 0.6 is 0 Å².